The summed E-state index contributed by atoms with van der Waals surface area (Å²) < 4.78 is 0. The first-order valence-corrected chi connectivity index (χ1v) is 9.13. The zero-order chi connectivity index (χ0) is 19.9. The van der Waals surface area contributed by atoms with Gasteiger partial charge in [0.1, 0.15) is 0 Å². The smallest absolute Gasteiger partial charge is 0.309 e. The maximum Gasteiger partial charge on any atom is 0.309 e. The standard InChI is InChI=1S/C21H22N4O3/c1-14(11-12-15-7-3-2-4-8-15)23-21(28)20(27)22-13-18-16-9-5-6-10-17(16)19(26)25-24-18/h2-10,14H,11-13H2,1H3,(H,22,27)(H,23,28)(H,25,26). The second-order valence-electron chi connectivity index (χ2n) is 6.63. The van der Waals surface area contributed by atoms with E-state index in [0.29, 0.717) is 16.5 Å². The number of aromatic nitrogens is 2. The topological polar surface area (TPSA) is 104 Å². The van der Waals surface area contributed by atoms with Crippen molar-refractivity contribution in [2.24, 2.45) is 0 Å². The molecule has 1 heterocycles. The maximum atomic E-state index is 12.1. The summed E-state index contributed by atoms with van der Waals surface area (Å²) in [5.41, 5.74) is 1.38. The molecular formula is C21H22N4O3. The van der Waals surface area contributed by atoms with Crippen molar-refractivity contribution in [1.29, 1.82) is 0 Å². The van der Waals surface area contributed by atoms with Crippen molar-refractivity contribution in [2.45, 2.75) is 32.4 Å². The van der Waals surface area contributed by atoms with E-state index in [4.69, 9.17) is 0 Å². The van der Waals surface area contributed by atoms with Gasteiger partial charge in [-0.05, 0) is 31.4 Å². The van der Waals surface area contributed by atoms with Gasteiger partial charge < -0.3 is 10.6 Å². The number of nitrogens with zero attached hydrogens (tertiary/aromatic N) is 1. The fourth-order valence-electron chi connectivity index (χ4n) is 2.94. The number of fused-ring (bicyclic) bond motifs is 1. The Morgan fingerprint density at radius 2 is 1.68 bits per heavy atom. The van der Waals surface area contributed by atoms with Gasteiger partial charge in [0.15, 0.2) is 0 Å². The lowest BCUT2D eigenvalue weighted by molar-refractivity contribution is -0.139. The van der Waals surface area contributed by atoms with E-state index in [-0.39, 0.29) is 18.1 Å². The molecule has 0 spiro atoms. The summed E-state index contributed by atoms with van der Waals surface area (Å²) in [5, 5.41) is 12.8. The molecule has 28 heavy (non-hydrogen) atoms. The van der Waals surface area contributed by atoms with E-state index in [1.807, 2.05) is 37.3 Å². The normalized spacial score (nSPS) is 11.8. The fraction of sp³-hybridized carbons (Fsp3) is 0.238. The quantitative estimate of drug-likeness (QED) is 0.568. The second-order valence-corrected chi connectivity index (χ2v) is 6.63. The van der Waals surface area contributed by atoms with E-state index in [1.54, 1.807) is 24.3 Å². The molecule has 1 atom stereocenters. The number of benzene rings is 2. The third-order valence-corrected chi connectivity index (χ3v) is 4.48. The summed E-state index contributed by atoms with van der Waals surface area (Å²) in [6, 6.07) is 16.8. The lowest BCUT2D eigenvalue weighted by Gasteiger charge is -2.14. The Labute approximate surface area is 162 Å². The third-order valence-electron chi connectivity index (χ3n) is 4.48. The van der Waals surface area contributed by atoms with Crippen LogP contribution in [0.3, 0.4) is 0 Å². The van der Waals surface area contributed by atoms with Gasteiger partial charge in [-0.15, -0.1) is 0 Å². The minimum absolute atomic E-state index is 0.0436. The Morgan fingerprint density at radius 1 is 1.00 bits per heavy atom. The number of hydrogen-bond acceptors (Lipinski definition) is 4. The molecule has 7 nitrogen and oxygen atoms in total. The van der Waals surface area contributed by atoms with E-state index in [0.717, 1.165) is 12.8 Å². The molecule has 3 aromatic rings. The van der Waals surface area contributed by atoms with Gasteiger partial charge in [-0.2, -0.15) is 5.10 Å². The van der Waals surface area contributed by atoms with E-state index in [2.05, 4.69) is 20.8 Å². The van der Waals surface area contributed by atoms with E-state index >= 15 is 0 Å². The highest BCUT2D eigenvalue weighted by Crippen LogP contribution is 2.11. The van der Waals surface area contributed by atoms with Gasteiger partial charge in [-0.25, -0.2) is 5.10 Å². The van der Waals surface area contributed by atoms with Crippen LogP contribution in [-0.2, 0) is 22.6 Å². The van der Waals surface area contributed by atoms with Gasteiger partial charge in [-0.3, -0.25) is 14.4 Å². The number of rotatable bonds is 6. The highest BCUT2D eigenvalue weighted by molar-refractivity contribution is 6.35. The van der Waals surface area contributed by atoms with Gasteiger partial charge in [0, 0.05) is 11.4 Å². The Bertz CT molecular complexity index is 1030. The van der Waals surface area contributed by atoms with Gasteiger partial charge in [0.05, 0.1) is 17.6 Å². The van der Waals surface area contributed by atoms with Crippen LogP contribution in [-0.4, -0.2) is 28.1 Å². The van der Waals surface area contributed by atoms with Crippen LogP contribution < -0.4 is 16.2 Å². The highest BCUT2D eigenvalue weighted by Gasteiger charge is 2.16. The Morgan fingerprint density at radius 3 is 2.43 bits per heavy atom. The Kier molecular flexibility index (Phi) is 6.16. The molecule has 0 saturated heterocycles. The summed E-state index contributed by atoms with van der Waals surface area (Å²) in [4.78, 5) is 36.0. The molecule has 1 unspecified atom stereocenters. The highest BCUT2D eigenvalue weighted by atomic mass is 16.2. The average Bonchev–Trinajstić information content (AvgIpc) is 2.72. The Hall–Kier alpha value is -3.48. The first-order chi connectivity index (χ1) is 13.5. The SMILES string of the molecule is CC(CCc1ccccc1)NC(=O)C(=O)NCc1n[nH]c(=O)c2ccccc12. The predicted molar refractivity (Wildman–Crippen MR) is 107 cm³/mol. The number of hydrogen-bond donors (Lipinski definition) is 3. The average molecular weight is 378 g/mol. The van der Waals surface area contributed by atoms with Crippen LogP contribution in [0.4, 0.5) is 0 Å². The lowest BCUT2D eigenvalue weighted by atomic mass is 10.1. The number of aromatic amines is 1. The predicted octanol–water partition coefficient (Wildman–Crippen LogP) is 1.68. The van der Waals surface area contributed by atoms with E-state index in [1.165, 1.54) is 5.56 Å². The minimum Gasteiger partial charge on any atom is -0.345 e. The summed E-state index contributed by atoms with van der Waals surface area (Å²) in [7, 11) is 0. The molecule has 3 rings (SSSR count). The number of aryl methyl sites for hydroxylation is 1. The Balaban J connectivity index is 1.53. The van der Waals surface area contributed by atoms with Crippen LogP contribution in [0.1, 0.15) is 24.6 Å². The van der Waals surface area contributed by atoms with Crippen LogP contribution >= 0.6 is 0 Å². The first kappa shape index (κ1) is 19.3. The fourth-order valence-corrected chi connectivity index (χ4v) is 2.94. The molecule has 0 radical (unpaired) electrons. The molecule has 2 amide bonds. The monoisotopic (exact) mass is 378 g/mol. The van der Waals surface area contributed by atoms with Crippen molar-refractivity contribution < 1.29 is 9.59 Å². The first-order valence-electron chi connectivity index (χ1n) is 9.13. The molecule has 2 aromatic carbocycles. The summed E-state index contributed by atoms with van der Waals surface area (Å²) in [6.07, 6.45) is 1.55. The number of carbonyl (C=O) groups is 2. The third kappa shape index (κ3) is 4.82. The van der Waals surface area contributed by atoms with Crippen LogP contribution in [0, 0.1) is 0 Å². The molecule has 3 N–H and O–H groups in total. The molecular weight excluding hydrogens is 356 g/mol. The van der Waals surface area contributed by atoms with Gasteiger partial charge in [0.2, 0.25) is 0 Å². The summed E-state index contributed by atoms with van der Waals surface area (Å²) in [6.45, 7) is 1.91. The van der Waals surface area contributed by atoms with Crippen molar-refractivity contribution in [3.8, 4) is 0 Å². The molecule has 0 aliphatic heterocycles. The minimum atomic E-state index is -0.733. The number of carbonyl (C=O) groups excluding carboxylic acids is 2. The number of amides is 2. The molecule has 144 valence electrons. The molecule has 0 saturated carbocycles. The van der Waals surface area contributed by atoms with Gasteiger partial charge in [0.25, 0.3) is 5.56 Å². The number of H-pyrrole nitrogens is 1. The van der Waals surface area contributed by atoms with E-state index < -0.39 is 11.8 Å². The van der Waals surface area contributed by atoms with Gasteiger partial charge >= 0.3 is 11.8 Å². The lowest BCUT2D eigenvalue weighted by Crippen LogP contribution is -2.43. The summed E-state index contributed by atoms with van der Waals surface area (Å²) >= 11 is 0. The van der Waals surface area contributed by atoms with Crippen molar-refractivity contribution in [3.05, 3.63) is 76.2 Å². The van der Waals surface area contributed by atoms with Crippen LogP contribution in [0.2, 0.25) is 0 Å². The molecule has 7 heteroatoms. The van der Waals surface area contributed by atoms with Crippen LogP contribution in [0.15, 0.2) is 59.4 Å². The van der Waals surface area contributed by atoms with Crippen molar-refractivity contribution >= 4 is 22.6 Å². The summed E-state index contributed by atoms with van der Waals surface area (Å²) in [5.74, 6) is -1.42. The van der Waals surface area contributed by atoms with E-state index in [9.17, 15) is 14.4 Å². The maximum absolute atomic E-state index is 12.1. The molecule has 0 aliphatic carbocycles. The van der Waals surface area contributed by atoms with Crippen LogP contribution in [0.25, 0.3) is 10.8 Å². The molecule has 0 aliphatic rings. The molecule has 0 fully saturated rings. The van der Waals surface area contributed by atoms with Crippen molar-refractivity contribution in [3.63, 3.8) is 0 Å². The van der Waals surface area contributed by atoms with Crippen molar-refractivity contribution in [1.82, 2.24) is 20.8 Å². The largest absolute Gasteiger partial charge is 0.345 e. The van der Waals surface area contributed by atoms with Crippen LogP contribution in [0.5, 0.6) is 0 Å². The molecule has 0 bridgehead atoms. The second kappa shape index (κ2) is 8.94. The molecule has 1 aromatic heterocycles. The van der Waals surface area contributed by atoms with Gasteiger partial charge in [-0.1, -0.05) is 48.5 Å². The zero-order valence-electron chi connectivity index (χ0n) is 15.6. The number of nitrogens with one attached hydrogen (secondary N) is 3. The van der Waals surface area contributed by atoms with Crippen molar-refractivity contribution in [2.75, 3.05) is 0 Å². The zero-order valence-corrected chi connectivity index (χ0v) is 15.6.